The van der Waals surface area contributed by atoms with E-state index in [1.165, 1.54) is 12.1 Å². The van der Waals surface area contributed by atoms with Crippen LogP contribution < -0.4 is 14.9 Å². The molecule has 1 saturated heterocycles. The molecule has 2 N–H and O–H groups in total. The Morgan fingerprint density at radius 2 is 1.77 bits per heavy atom. The number of para-hydroxylation sites is 1. The third-order valence-corrected chi connectivity index (χ3v) is 6.43. The molecule has 1 aliphatic heterocycles. The van der Waals surface area contributed by atoms with Gasteiger partial charge in [0.25, 0.3) is 0 Å². The highest BCUT2D eigenvalue weighted by molar-refractivity contribution is 7.92. The molecule has 0 unspecified atom stereocenters. The Bertz CT molecular complexity index is 1150. The Hall–Kier alpha value is -2.98. The highest BCUT2D eigenvalue weighted by atomic mass is 32.2. The van der Waals surface area contributed by atoms with Crippen LogP contribution in [0.1, 0.15) is 0 Å². The Kier molecular flexibility index (Phi) is 6.19. The number of hydrogen-bond acceptors (Lipinski definition) is 7. The summed E-state index contributed by atoms with van der Waals surface area (Å²) in [6.07, 6.45) is 0. The number of rotatable bonds is 7. The molecule has 0 bridgehead atoms. The van der Waals surface area contributed by atoms with Crippen LogP contribution in [0.4, 0.5) is 21.8 Å². The summed E-state index contributed by atoms with van der Waals surface area (Å²) in [7, 11) is -1.48. The molecule has 0 spiro atoms. The molecule has 0 amide bonds. The maximum Gasteiger partial charge on any atom is 0.234 e. The normalized spacial score (nSPS) is 15.2. The maximum absolute atomic E-state index is 13.9. The SMILES string of the molecule is CN1CCN(c2nc(NCCS(=O)(=O)Nc3ccccc3)c3cc(F)ccc3n2)CC1. The summed E-state index contributed by atoms with van der Waals surface area (Å²) >= 11 is 0. The van der Waals surface area contributed by atoms with Crippen LogP contribution in [-0.2, 0) is 10.0 Å². The monoisotopic (exact) mass is 444 g/mol. The second-order valence-corrected chi connectivity index (χ2v) is 9.38. The van der Waals surface area contributed by atoms with Gasteiger partial charge in [-0.3, -0.25) is 4.72 Å². The Labute approximate surface area is 181 Å². The number of aromatic nitrogens is 2. The van der Waals surface area contributed by atoms with Gasteiger partial charge in [0, 0.05) is 43.8 Å². The van der Waals surface area contributed by atoms with E-state index in [1.807, 2.05) is 6.07 Å². The van der Waals surface area contributed by atoms with Gasteiger partial charge < -0.3 is 15.1 Å². The topological polar surface area (TPSA) is 90.5 Å². The zero-order valence-corrected chi connectivity index (χ0v) is 18.1. The molecule has 1 fully saturated rings. The van der Waals surface area contributed by atoms with Crippen molar-refractivity contribution in [3.8, 4) is 0 Å². The number of nitrogens with zero attached hydrogens (tertiary/aromatic N) is 4. The van der Waals surface area contributed by atoms with Crippen molar-refractivity contribution in [3.63, 3.8) is 0 Å². The zero-order chi connectivity index (χ0) is 21.8. The van der Waals surface area contributed by atoms with Crippen LogP contribution in [0.5, 0.6) is 0 Å². The largest absolute Gasteiger partial charge is 0.368 e. The summed E-state index contributed by atoms with van der Waals surface area (Å²) in [4.78, 5) is 13.5. The predicted molar refractivity (Wildman–Crippen MR) is 122 cm³/mol. The quantitative estimate of drug-likeness (QED) is 0.578. The number of sulfonamides is 1. The molecule has 2 aromatic carbocycles. The van der Waals surface area contributed by atoms with Gasteiger partial charge in [0.1, 0.15) is 11.6 Å². The molecular weight excluding hydrogens is 419 g/mol. The molecule has 1 aliphatic rings. The van der Waals surface area contributed by atoms with Crippen molar-refractivity contribution in [2.75, 3.05) is 60.5 Å². The Balaban J connectivity index is 1.52. The van der Waals surface area contributed by atoms with Crippen LogP contribution in [0.3, 0.4) is 0 Å². The molecule has 2 heterocycles. The molecule has 0 saturated carbocycles. The van der Waals surface area contributed by atoms with E-state index < -0.39 is 15.8 Å². The van der Waals surface area contributed by atoms with Crippen molar-refractivity contribution in [1.82, 2.24) is 14.9 Å². The number of hydrogen-bond donors (Lipinski definition) is 2. The van der Waals surface area contributed by atoms with Crippen molar-refractivity contribution in [1.29, 1.82) is 0 Å². The van der Waals surface area contributed by atoms with Crippen LogP contribution in [0, 0.1) is 5.82 Å². The van der Waals surface area contributed by atoms with Gasteiger partial charge in [-0.1, -0.05) is 18.2 Å². The van der Waals surface area contributed by atoms with Crippen molar-refractivity contribution in [2.45, 2.75) is 0 Å². The Morgan fingerprint density at radius 3 is 2.52 bits per heavy atom. The first kappa shape index (κ1) is 21.3. The second kappa shape index (κ2) is 9.03. The van der Waals surface area contributed by atoms with Crippen LogP contribution in [-0.4, -0.2) is 68.8 Å². The summed E-state index contributed by atoms with van der Waals surface area (Å²) in [6.45, 7) is 3.50. The van der Waals surface area contributed by atoms with Gasteiger partial charge in [-0.25, -0.2) is 17.8 Å². The minimum atomic E-state index is -3.55. The molecular formula is C21H25FN6O2S. The number of nitrogens with one attached hydrogen (secondary N) is 2. The van der Waals surface area contributed by atoms with Crippen LogP contribution in [0.25, 0.3) is 10.9 Å². The smallest absolute Gasteiger partial charge is 0.234 e. The van der Waals surface area contributed by atoms with Crippen LogP contribution in [0.15, 0.2) is 48.5 Å². The highest BCUT2D eigenvalue weighted by Gasteiger charge is 2.19. The minimum Gasteiger partial charge on any atom is -0.368 e. The second-order valence-electron chi connectivity index (χ2n) is 7.54. The summed E-state index contributed by atoms with van der Waals surface area (Å²) in [5.41, 5.74) is 1.12. The van der Waals surface area contributed by atoms with E-state index in [1.54, 1.807) is 30.3 Å². The molecule has 0 atom stereocenters. The predicted octanol–water partition coefficient (Wildman–Crippen LogP) is 2.37. The summed E-state index contributed by atoms with van der Waals surface area (Å²) in [5, 5.41) is 3.59. The lowest BCUT2D eigenvalue weighted by atomic mass is 10.2. The van der Waals surface area contributed by atoms with Crippen LogP contribution >= 0.6 is 0 Å². The van der Waals surface area contributed by atoms with E-state index >= 15 is 0 Å². The average Bonchev–Trinajstić information content (AvgIpc) is 2.74. The number of halogens is 1. The average molecular weight is 445 g/mol. The van der Waals surface area contributed by atoms with Gasteiger partial charge in [-0.15, -0.1) is 0 Å². The maximum atomic E-state index is 13.9. The molecule has 0 aliphatic carbocycles. The standard InChI is InChI=1S/C21H25FN6O2S/c1-27-10-12-28(13-11-27)21-24-19-8-7-16(22)15-18(19)20(25-21)23-9-14-31(29,30)26-17-5-3-2-4-6-17/h2-8,15,26H,9-14H2,1H3,(H,23,24,25). The summed E-state index contributed by atoms with van der Waals surface area (Å²) < 4.78 is 41.2. The number of piperazine rings is 1. The molecule has 164 valence electrons. The fourth-order valence-electron chi connectivity index (χ4n) is 3.41. The van der Waals surface area contributed by atoms with Gasteiger partial charge >= 0.3 is 0 Å². The van der Waals surface area contributed by atoms with Crippen LogP contribution in [0.2, 0.25) is 0 Å². The molecule has 1 aromatic heterocycles. The van der Waals surface area contributed by atoms with E-state index in [9.17, 15) is 12.8 Å². The van der Waals surface area contributed by atoms with Gasteiger partial charge in [-0.2, -0.15) is 4.98 Å². The van der Waals surface area contributed by atoms with E-state index in [0.717, 1.165) is 26.2 Å². The number of likely N-dealkylation sites (N-methyl/N-ethyl adjacent to an activating group) is 1. The molecule has 8 nitrogen and oxygen atoms in total. The van der Waals surface area contributed by atoms with E-state index in [4.69, 9.17) is 0 Å². The Morgan fingerprint density at radius 1 is 1.03 bits per heavy atom. The van der Waals surface area contributed by atoms with Crippen molar-refractivity contribution >= 4 is 38.4 Å². The molecule has 31 heavy (non-hydrogen) atoms. The molecule has 0 radical (unpaired) electrons. The van der Waals surface area contributed by atoms with Gasteiger partial charge in [0.05, 0.1) is 11.3 Å². The number of fused-ring (bicyclic) bond motifs is 1. The van der Waals surface area contributed by atoms with E-state index in [2.05, 4.69) is 36.9 Å². The van der Waals surface area contributed by atoms with Crippen molar-refractivity contribution in [2.24, 2.45) is 0 Å². The van der Waals surface area contributed by atoms with Gasteiger partial charge in [0.2, 0.25) is 16.0 Å². The molecule has 3 aromatic rings. The van der Waals surface area contributed by atoms with E-state index in [-0.39, 0.29) is 12.3 Å². The summed E-state index contributed by atoms with van der Waals surface area (Å²) in [5.74, 6) is 0.421. The first-order valence-electron chi connectivity index (χ1n) is 10.1. The van der Waals surface area contributed by atoms with Gasteiger partial charge in [-0.05, 0) is 37.4 Å². The highest BCUT2D eigenvalue weighted by Crippen LogP contribution is 2.25. The van der Waals surface area contributed by atoms with Crippen molar-refractivity contribution < 1.29 is 12.8 Å². The molecule has 10 heteroatoms. The lowest BCUT2D eigenvalue weighted by Gasteiger charge is -2.32. The number of anilines is 3. The first-order chi connectivity index (χ1) is 14.9. The third-order valence-electron chi connectivity index (χ3n) is 5.14. The number of benzene rings is 2. The lowest BCUT2D eigenvalue weighted by molar-refractivity contribution is 0.311. The first-order valence-corrected chi connectivity index (χ1v) is 11.7. The third kappa shape index (κ3) is 5.39. The van der Waals surface area contributed by atoms with E-state index in [0.29, 0.717) is 28.4 Å². The molecule has 4 rings (SSSR count). The zero-order valence-electron chi connectivity index (χ0n) is 17.3. The lowest BCUT2D eigenvalue weighted by Crippen LogP contribution is -2.45. The van der Waals surface area contributed by atoms with Crippen molar-refractivity contribution in [3.05, 3.63) is 54.3 Å². The van der Waals surface area contributed by atoms with Gasteiger partial charge in [0.15, 0.2) is 0 Å². The fourth-order valence-corrected chi connectivity index (χ4v) is 4.38. The fraction of sp³-hybridized carbons (Fsp3) is 0.333. The minimum absolute atomic E-state index is 0.118. The summed E-state index contributed by atoms with van der Waals surface area (Å²) in [6, 6.07) is 13.1.